The highest BCUT2D eigenvalue weighted by Gasteiger charge is 2.16. The van der Waals surface area contributed by atoms with Crippen LogP contribution in [0.1, 0.15) is 6.42 Å². The van der Waals surface area contributed by atoms with E-state index in [2.05, 4.69) is 36.3 Å². The van der Waals surface area contributed by atoms with E-state index in [9.17, 15) is 0 Å². The number of nitrogens with one attached hydrogen (secondary N) is 1. The number of anilines is 1. The molecule has 0 spiro atoms. The molecular weight excluding hydrogens is 330 g/mol. The van der Waals surface area contributed by atoms with Gasteiger partial charge in [-0.1, -0.05) is 0 Å². The Kier molecular flexibility index (Phi) is 5.00. The fraction of sp³-hybridized carbons (Fsp3) is 0.545. The average Bonchev–Trinajstić information content (AvgIpc) is 2.67. The molecule has 0 aliphatic rings. The van der Waals surface area contributed by atoms with Crippen molar-refractivity contribution in [1.82, 2.24) is 19.7 Å². The van der Waals surface area contributed by atoms with Gasteiger partial charge >= 0.3 is 0 Å². The number of hydrogen-bond donors (Lipinski definition) is 2. The predicted octanol–water partition coefficient (Wildman–Crippen LogP) is 1.65. The van der Waals surface area contributed by atoms with Gasteiger partial charge in [-0.15, -0.1) is 0 Å². The molecule has 0 radical (unpaired) electrons. The summed E-state index contributed by atoms with van der Waals surface area (Å²) in [6.45, 7) is 0.153. The van der Waals surface area contributed by atoms with Crippen molar-refractivity contribution in [3.8, 4) is 0 Å². The first-order valence-corrected chi connectivity index (χ1v) is 8.05. The molecule has 0 fully saturated rings. The smallest absolute Gasteiger partial charge is 0.164 e. The minimum Gasteiger partial charge on any atom is -0.396 e. The van der Waals surface area contributed by atoms with Gasteiger partial charge in [0.05, 0.1) is 5.39 Å². The van der Waals surface area contributed by atoms with Crippen LogP contribution >= 0.6 is 27.7 Å². The summed E-state index contributed by atoms with van der Waals surface area (Å²) in [6, 6.07) is 0.171. The minimum absolute atomic E-state index is 0.153. The van der Waals surface area contributed by atoms with Gasteiger partial charge in [-0.25, -0.2) is 14.6 Å². The number of aromatic nitrogens is 4. The van der Waals surface area contributed by atoms with Crippen molar-refractivity contribution < 1.29 is 5.11 Å². The van der Waals surface area contributed by atoms with Gasteiger partial charge in [0.1, 0.15) is 16.7 Å². The van der Waals surface area contributed by atoms with E-state index in [-0.39, 0.29) is 12.6 Å². The standard InChI is InChI=1S/C11H16BrN5OS/c1-17-11-8(9(12)16-17)10(13-6-14-11)15-7(3-4-18)5-19-2/h6-7,18H,3-5H2,1-2H3,(H,13,14,15). The molecule has 2 heterocycles. The van der Waals surface area contributed by atoms with Crippen LogP contribution in [-0.4, -0.2) is 49.5 Å². The Bertz CT molecular complexity index is 555. The zero-order valence-electron chi connectivity index (χ0n) is 10.8. The molecule has 2 aromatic heterocycles. The largest absolute Gasteiger partial charge is 0.396 e. The SMILES string of the molecule is CSCC(CCO)Nc1ncnc2c1c(Br)nn2C. The number of aliphatic hydroxyl groups excluding tert-OH is 1. The molecule has 1 unspecified atom stereocenters. The van der Waals surface area contributed by atoms with E-state index < -0.39 is 0 Å². The second kappa shape index (κ2) is 6.53. The molecule has 0 aromatic carbocycles. The molecule has 0 aliphatic heterocycles. The molecule has 0 bridgehead atoms. The van der Waals surface area contributed by atoms with Crippen molar-refractivity contribution in [3.63, 3.8) is 0 Å². The van der Waals surface area contributed by atoms with Crippen LogP contribution in [0, 0.1) is 0 Å². The van der Waals surface area contributed by atoms with E-state index in [0.717, 1.165) is 27.2 Å². The number of fused-ring (bicyclic) bond motifs is 1. The second-order valence-corrected chi connectivity index (χ2v) is 5.81. The molecule has 0 amide bonds. The normalized spacial score (nSPS) is 12.8. The Balaban J connectivity index is 2.33. The Labute approximate surface area is 124 Å². The Morgan fingerprint density at radius 1 is 1.53 bits per heavy atom. The number of rotatable bonds is 6. The Morgan fingerprint density at radius 2 is 2.32 bits per heavy atom. The molecular formula is C11H16BrN5OS. The number of hydrogen-bond acceptors (Lipinski definition) is 6. The van der Waals surface area contributed by atoms with Crippen molar-refractivity contribution in [2.45, 2.75) is 12.5 Å². The summed E-state index contributed by atoms with van der Waals surface area (Å²) < 4.78 is 2.43. The second-order valence-electron chi connectivity index (χ2n) is 4.14. The van der Waals surface area contributed by atoms with Gasteiger partial charge in [0, 0.05) is 25.4 Å². The van der Waals surface area contributed by atoms with Gasteiger partial charge < -0.3 is 10.4 Å². The molecule has 2 aromatic rings. The van der Waals surface area contributed by atoms with E-state index in [1.54, 1.807) is 16.4 Å². The van der Waals surface area contributed by atoms with Crippen LogP contribution in [0.15, 0.2) is 10.9 Å². The maximum atomic E-state index is 9.11. The predicted molar refractivity (Wildman–Crippen MR) is 81.5 cm³/mol. The third-order valence-electron chi connectivity index (χ3n) is 2.76. The summed E-state index contributed by atoms with van der Waals surface area (Å²) in [5.74, 6) is 1.65. The molecule has 0 aliphatic carbocycles. The van der Waals surface area contributed by atoms with Crippen molar-refractivity contribution in [3.05, 3.63) is 10.9 Å². The fourth-order valence-electron chi connectivity index (χ4n) is 1.90. The molecule has 19 heavy (non-hydrogen) atoms. The van der Waals surface area contributed by atoms with E-state index >= 15 is 0 Å². The van der Waals surface area contributed by atoms with Crippen molar-refractivity contribution in [1.29, 1.82) is 0 Å². The number of nitrogens with zero attached hydrogens (tertiary/aromatic N) is 4. The van der Waals surface area contributed by atoms with Gasteiger partial charge in [0.25, 0.3) is 0 Å². The van der Waals surface area contributed by atoms with Crippen molar-refractivity contribution in [2.24, 2.45) is 7.05 Å². The Morgan fingerprint density at radius 3 is 3.00 bits per heavy atom. The summed E-state index contributed by atoms with van der Waals surface area (Å²) in [7, 11) is 1.84. The van der Waals surface area contributed by atoms with Crippen LogP contribution in [0.5, 0.6) is 0 Å². The van der Waals surface area contributed by atoms with Gasteiger partial charge in [-0.2, -0.15) is 16.9 Å². The van der Waals surface area contributed by atoms with E-state index in [1.807, 2.05) is 13.3 Å². The lowest BCUT2D eigenvalue weighted by atomic mass is 10.2. The first-order valence-electron chi connectivity index (χ1n) is 5.87. The van der Waals surface area contributed by atoms with Crippen LogP contribution in [-0.2, 0) is 7.05 Å². The van der Waals surface area contributed by atoms with Crippen molar-refractivity contribution in [2.75, 3.05) is 23.9 Å². The zero-order valence-corrected chi connectivity index (χ0v) is 13.2. The Hall–Kier alpha value is -0.860. The number of aliphatic hydroxyl groups is 1. The maximum absolute atomic E-state index is 9.11. The summed E-state index contributed by atoms with van der Waals surface area (Å²) in [5, 5.41) is 17.6. The van der Waals surface area contributed by atoms with Crippen LogP contribution in [0.3, 0.4) is 0 Å². The molecule has 104 valence electrons. The third-order valence-corrected chi connectivity index (χ3v) is 4.05. The molecule has 0 saturated carbocycles. The van der Waals surface area contributed by atoms with Gasteiger partial charge in [-0.05, 0) is 28.6 Å². The fourth-order valence-corrected chi connectivity index (χ4v) is 3.15. The minimum atomic E-state index is 0.153. The van der Waals surface area contributed by atoms with Gasteiger partial charge in [-0.3, -0.25) is 0 Å². The first-order chi connectivity index (χ1) is 9.17. The topological polar surface area (TPSA) is 75.9 Å². The monoisotopic (exact) mass is 345 g/mol. The summed E-state index contributed by atoms with van der Waals surface area (Å²) >= 11 is 5.16. The highest BCUT2D eigenvalue weighted by atomic mass is 79.9. The van der Waals surface area contributed by atoms with Crippen LogP contribution in [0.2, 0.25) is 0 Å². The molecule has 6 nitrogen and oxygen atoms in total. The lowest BCUT2D eigenvalue weighted by Gasteiger charge is -2.17. The molecule has 2 rings (SSSR count). The van der Waals surface area contributed by atoms with Crippen LogP contribution in [0.25, 0.3) is 11.0 Å². The van der Waals surface area contributed by atoms with Gasteiger partial charge in [0.2, 0.25) is 0 Å². The maximum Gasteiger partial charge on any atom is 0.164 e. The third kappa shape index (κ3) is 3.18. The van der Waals surface area contributed by atoms with Crippen LogP contribution < -0.4 is 5.32 Å². The summed E-state index contributed by atoms with van der Waals surface area (Å²) in [5.41, 5.74) is 0.774. The quantitative estimate of drug-likeness (QED) is 0.828. The molecule has 2 N–H and O–H groups in total. The number of halogens is 1. The molecule has 8 heteroatoms. The molecule has 0 saturated heterocycles. The molecule has 1 atom stereocenters. The van der Waals surface area contributed by atoms with Gasteiger partial charge in [0.15, 0.2) is 5.65 Å². The lowest BCUT2D eigenvalue weighted by molar-refractivity contribution is 0.282. The first kappa shape index (κ1) is 14.5. The zero-order chi connectivity index (χ0) is 13.8. The van der Waals surface area contributed by atoms with E-state index in [4.69, 9.17) is 5.11 Å². The van der Waals surface area contributed by atoms with E-state index in [1.165, 1.54) is 6.33 Å². The average molecular weight is 346 g/mol. The highest BCUT2D eigenvalue weighted by molar-refractivity contribution is 9.10. The van der Waals surface area contributed by atoms with Crippen molar-refractivity contribution >= 4 is 44.5 Å². The van der Waals surface area contributed by atoms with E-state index in [0.29, 0.717) is 6.42 Å². The summed E-state index contributed by atoms with van der Waals surface area (Å²) in [6.07, 6.45) is 4.25. The number of thioether (sulfide) groups is 1. The summed E-state index contributed by atoms with van der Waals surface area (Å²) in [4.78, 5) is 8.52. The lowest BCUT2D eigenvalue weighted by Crippen LogP contribution is -2.24. The highest BCUT2D eigenvalue weighted by Crippen LogP contribution is 2.27. The number of aryl methyl sites for hydroxylation is 1. The van der Waals surface area contributed by atoms with Crippen LogP contribution in [0.4, 0.5) is 5.82 Å².